The molecule has 142 valence electrons. The molecule has 24 heavy (non-hydrogen) atoms. The molecule has 0 spiro atoms. The van der Waals surface area contributed by atoms with Gasteiger partial charge < -0.3 is 28.9 Å². The Morgan fingerprint density at radius 3 is 2.33 bits per heavy atom. The van der Waals surface area contributed by atoms with Gasteiger partial charge in [0.05, 0.1) is 6.10 Å². The number of rotatable bonds is 14. The predicted molar refractivity (Wildman–Crippen MR) is 94.4 cm³/mol. The molecule has 0 aliphatic rings. The van der Waals surface area contributed by atoms with Gasteiger partial charge >= 0.3 is 14.8 Å². The van der Waals surface area contributed by atoms with Crippen molar-refractivity contribution in [1.82, 2.24) is 0 Å². The fourth-order valence-corrected chi connectivity index (χ4v) is 5.02. The SMILES string of the molecule is C=C(C)C(=O)OCC(O)CC(C)O[Si](CCCN)(OCC)OCC. The minimum absolute atomic E-state index is 0.0972. The number of nitrogens with two attached hydrogens (primary N) is 1. The summed E-state index contributed by atoms with van der Waals surface area (Å²) in [5.74, 6) is -0.516. The lowest BCUT2D eigenvalue weighted by Gasteiger charge is -2.32. The quantitative estimate of drug-likeness (QED) is 0.275. The minimum atomic E-state index is -2.82. The summed E-state index contributed by atoms with van der Waals surface area (Å²) in [6.07, 6.45) is -0.0718. The lowest BCUT2D eigenvalue weighted by atomic mass is 10.2. The van der Waals surface area contributed by atoms with Crippen molar-refractivity contribution in [3.8, 4) is 0 Å². The first-order chi connectivity index (χ1) is 11.3. The molecule has 2 atom stereocenters. The number of aliphatic hydroxyl groups is 1. The van der Waals surface area contributed by atoms with Gasteiger partial charge in [-0.3, -0.25) is 0 Å². The molecule has 0 saturated carbocycles. The molecule has 0 aromatic carbocycles. The third kappa shape index (κ3) is 9.51. The van der Waals surface area contributed by atoms with Crippen LogP contribution in [0.25, 0.3) is 0 Å². The molecule has 0 amide bonds. The number of aliphatic hydroxyl groups excluding tert-OH is 1. The van der Waals surface area contributed by atoms with Crippen LogP contribution < -0.4 is 5.73 Å². The maximum absolute atomic E-state index is 11.3. The number of ether oxygens (including phenoxy) is 1. The van der Waals surface area contributed by atoms with Crippen LogP contribution in [0, 0.1) is 0 Å². The Labute approximate surface area is 146 Å². The van der Waals surface area contributed by atoms with Gasteiger partial charge in [-0.1, -0.05) is 6.58 Å². The average Bonchev–Trinajstić information content (AvgIpc) is 2.50. The van der Waals surface area contributed by atoms with Gasteiger partial charge in [0.25, 0.3) is 0 Å². The topological polar surface area (TPSA) is 100 Å². The zero-order valence-electron chi connectivity index (χ0n) is 15.4. The summed E-state index contributed by atoms with van der Waals surface area (Å²) in [6.45, 7) is 12.1. The first-order valence-electron chi connectivity index (χ1n) is 8.46. The summed E-state index contributed by atoms with van der Waals surface area (Å²) >= 11 is 0. The molecule has 0 aromatic rings. The van der Waals surface area contributed by atoms with Crippen molar-refractivity contribution in [1.29, 1.82) is 0 Å². The molecule has 0 radical (unpaired) electrons. The highest BCUT2D eigenvalue weighted by molar-refractivity contribution is 6.60. The largest absolute Gasteiger partial charge is 0.501 e. The van der Waals surface area contributed by atoms with Gasteiger partial charge in [0, 0.05) is 37.4 Å². The van der Waals surface area contributed by atoms with Crippen molar-refractivity contribution < 1.29 is 27.9 Å². The number of esters is 1. The van der Waals surface area contributed by atoms with E-state index < -0.39 is 20.9 Å². The van der Waals surface area contributed by atoms with Gasteiger partial charge in [-0.15, -0.1) is 0 Å². The maximum atomic E-state index is 11.3. The minimum Gasteiger partial charge on any atom is -0.460 e. The number of hydrogen-bond acceptors (Lipinski definition) is 7. The van der Waals surface area contributed by atoms with E-state index in [2.05, 4.69) is 6.58 Å². The third-order valence-corrected chi connectivity index (χ3v) is 6.34. The van der Waals surface area contributed by atoms with Crippen LogP contribution >= 0.6 is 0 Å². The van der Waals surface area contributed by atoms with E-state index in [1.807, 2.05) is 20.8 Å². The molecular formula is C16H33NO6Si. The third-order valence-electron chi connectivity index (χ3n) is 3.16. The molecule has 3 N–H and O–H groups in total. The monoisotopic (exact) mass is 363 g/mol. The fourth-order valence-electron chi connectivity index (χ4n) is 2.17. The second-order valence-corrected chi connectivity index (χ2v) is 8.32. The number of hydrogen-bond donors (Lipinski definition) is 2. The molecule has 0 saturated heterocycles. The Morgan fingerprint density at radius 2 is 1.88 bits per heavy atom. The molecule has 2 unspecified atom stereocenters. The van der Waals surface area contributed by atoms with Crippen LogP contribution in [0.5, 0.6) is 0 Å². The maximum Gasteiger partial charge on any atom is 0.501 e. The predicted octanol–water partition coefficient (Wildman–Crippen LogP) is 1.62. The van der Waals surface area contributed by atoms with E-state index in [-0.39, 0.29) is 12.7 Å². The first kappa shape index (κ1) is 23.2. The molecule has 0 aliphatic heterocycles. The van der Waals surface area contributed by atoms with Crippen molar-refractivity contribution in [2.45, 2.75) is 58.8 Å². The van der Waals surface area contributed by atoms with Gasteiger partial charge in [-0.2, -0.15) is 0 Å². The lowest BCUT2D eigenvalue weighted by Crippen LogP contribution is -2.49. The molecule has 8 heteroatoms. The molecule has 7 nitrogen and oxygen atoms in total. The second kappa shape index (κ2) is 12.6. The first-order valence-corrected chi connectivity index (χ1v) is 10.4. The number of carbonyl (C=O) groups is 1. The molecule has 0 aromatic heterocycles. The van der Waals surface area contributed by atoms with E-state index in [0.29, 0.717) is 37.8 Å². The second-order valence-electron chi connectivity index (χ2n) is 5.64. The van der Waals surface area contributed by atoms with Gasteiger partial charge in [0.1, 0.15) is 6.61 Å². The summed E-state index contributed by atoms with van der Waals surface area (Å²) in [4.78, 5) is 11.3. The smallest absolute Gasteiger partial charge is 0.460 e. The zero-order valence-corrected chi connectivity index (χ0v) is 16.4. The Kier molecular flexibility index (Phi) is 12.2. The Bertz CT molecular complexity index is 374. The van der Waals surface area contributed by atoms with E-state index in [1.165, 1.54) is 0 Å². The van der Waals surface area contributed by atoms with Crippen LogP contribution in [-0.2, 0) is 22.8 Å². The van der Waals surface area contributed by atoms with Gasteiger partial charge in [0.15, 0.2) is 0 Å². The van der Waals surface area contributed by atoms with Gasteiger partial charge in [-0.25, -0.2) is 4.79 Å². The standard InChI is InChI=1S/C16H33NO6Si/c1-6-21-24(22-7-2,10-8-9-17)23-14(5)11-15(18)12-20-16(19)13(3)4/h14-15,18H,3,6-12,17H2,1-2,4-5H3. The molecule has 0 rings (SSSR count). The normalized spacial score (nSPS) is 14.2. The molecular weight excluding hydrogens is 330 g/mol. The van der Waals surface area contributed by atoms with Crippen LogP contribution in [0.15, 0.2) is 12.2 Å². The van der Waals surface area contributed by atoms with Crippen molar-refractivity contribution in [2.24, 2.45) is 5.73 Å². The van der Waals surface area contributed by atoms with E-state index in [4.69, 9.17) is 23.7 Å². The molecule has 0 fully saturated rings. The van der Waals surface area contributed by atoms with Crippen LogP contribution in [-0.4, -0.2) is 58.5 Å². The Morgan fingerprint density at radius 1 is 1.29 bits per heavy atom. The summed E-state index contributed by atoms with van der Waals surface area (Å²) in [7, 11) is -2.82. The molecule has 0 aliphatic carbocycles. The van der Waals surface area contributed by atoms with Crippen LogP contribution in [0.1, 0.15) is 40.5 Å². The highest BCUT2D eigenvalue weighted by atomic mass is 28.4. The van der Waals surface area contributed by atoms with Crippen LogP contribution in [0.3, 0.4) is 0 Å². The lowest BCUT2D eigenvalue weighted by molar-refractivity contribution is -0.142. The van der Waals surface area contributed by atoms with E-state index in [9.17, 15) is 9.90 Å². The number of carbonyl (C=O) groups excluding carboxylic acids is 1. The van der Waals surface area contributed by atoms with Crippen molar-refractivity contribution in [2.75, 3.05) is 26.4 Å². The molecule has 0 heterocycles. The highest BCUT2D eigenvalue weighted by Gasteiger charge is 2.41. The summed E-state index contributed by atoms with van der Waals surface area (Å²) < 4.78 is 22.6. The Balaban J connectivity index is 4.59. The van der Waals surface area contributed by atoms with Crippen molar-refractivity contribution in [3.05, 3.63) is 12.2 Å². The van der Waals surface area contributed by atoms with Crippen molar-refractivity contribution in [3.63, 3.8) is 0 Å². The molecule has 0 bridgehead atoms. The highest BCUT2D eigenvalue weighted by Crippen LogP contribution is 2.21. The van der Waals surface area contributed by atoms with Crippen LogP contribution in [0.4, 0.5) is 0 Å². The summed E-state index contributed by atoms with van der Waals surface area (Å²) in [5, 5.41) is 10.0. The van der Waals surface area contributed by atoms with Gasteiger partial charge in [-0.05, 0) is 40.7 Å². The average molecular weight is 364 g/mol. The summed E-state index contributed by atoms with van der Waals surface area (Å²) in [6, 6.07) is 0.635. The van der Waals surface area contributed by atoms with Gasteiger partial charge in [0.2, 0.25) is 0 Å². The zero-order chi connectivity index (χ0) is 18.6. The summed E-state index contributed by atoms with van der Waals surface area (Å²) in [5.41, 5.74) is 5.89. The van der Waals surface area contributed by atoms with E-state index >= 15 is 0 Å². The Hall–Kier alpha value is -0.773. The fraction of sp³-hybridized carbons (Fsp3) is 0.812. The van der Waals surface area contributed by atoms with E-state index in [0.717, 1.165) is 6.42 Å². The van der Waals surface area contributed by atoms with Crippen LogP contribution in [0.2, 0.25) is 6.04 Å². The van der Waals surface area contributed by atoms with Crippen molar-refractivity contribution >= 4 is 14.8 Å². The van der Waals surface area contributed by atoms with E-state index in [1.54, 1.807) is 6.92 Å².